The number of aryl methyl sites for hydroxylation is 1. The number of fused-ring (bicyclic) bond motifs is 1. The van der Waals surface area contributed by atoms with Crippen LogP contribution in [0.5, 0.6) is 5.75 Å². The number of carbonyl (C=O) groups is 1. The molecular formula is C15H15N3O2. The zero-order valence-electron chi connectivity index (χ0n) is 11.1. The highest BCUT2D eigenvalue weighted by Gasteiger charge is 2.28. The molecule has 5 nitrogen and oxygen atoms in total. The molecule has 0 saturated carbocycles. The van der Waals surface area contributed by atoms with Crippen LogP contribution in [0.2, 0.25) is 0 Å². The molecule has 1 aliphatic rings. The highest BCUT2D eigenvalue weighted by molar-refractivity contribution is 6.06. The van der Waals surface area contributed by atoms with E-state index in [0.717, 1.165) is 5.56 Å². The monoisotopic (exact) mass is 269 g/mol. The first-order chi connectivity index (χ1) is 9.56. The molecule has 1 aliphatic heterocycles. The van der Waals surface area contributed by atoms with Gasteiger partial charge in [-0.25, -0.2) is 0 Å². The Morgan fingerprint density at radius 3 is 2.65 bits per heavy atom. The van der Waals surface area contributed by atoms with Gasteiger partial charge in [-0.15, -0.1) is 0 Å². The second-order valence-electron chi connectivity index (χ2n) is 4.81. The molecule has 0 fully saturated rings. The minimum Gasteiger partial charge on any atom is -0.482 e. The number of amides is 1. The van der Waals surface area contributed by atoms with Crippen LogP contribution in [0.15, 0.2) is 36.4 Å². The summed E-state index contributed by atoms with van der Waals surface area (Å²) >= 11 is 0. The fourth-order valence-corrected chi connectivity index (χ4v) is 2.31. The van der Waals surface area contributed by atoms with Crippen molar-refractivity contribution in [2.75, 3.05) is 23.0 Å². The van der Waals surface area contributed by atoms with Crippen LogP contribution >= 0.6 is 0 Å². The molecule has 3 rings (SSSR count). The largest absolute Gasteiger partial charge is 0.482 e. The Bertz CT molecular complexity index is 698. The summed E-state index contributed by atoms with van der Waals surface area (Å²) in [5.41, 5.74) is 15.3. The molecule has 5 heteroatoms. The molecule has 0 radical (unpaired) electrons. The Labute approximate surface area is 116 Å². The number of carbonyl (C=O) groups excluding carboxylic acids is 1. The number of nitrogen functional groups attached to an aromatic ring is 2. The number of hydrogen-bond donors (Lipinski definition) is 2. The molecule has 1 heterocycles. The smallest absolute Gasteiger partial charge is 0.269 e. The molecule has 0 unspecified atom stereocenters. The fourth-order valence-electron chi connectivity index (χ4n) is 2.31. The van der Waals surface area contributed by atoms with Crippen LogP contribution in [0.1, 0.15) is 5.56 Å². The Kier molecular flexibility index (Phi) is 2.75. The molecule has 0 aromatic heterocycles. The molecule has 2 aromatic carbocycles. The van der Waals surface area contributed by atoms with Gasteiger partial charge < -0.3 is 16.2 Å². The maximum absolute atomic E-state index is 12.2. The maximum atomic E-state index is 12.2. The summed E-state index contributed by atoms with van der Waals surface area (Å²) in [5, 5.41) is 0. The average molecular weight is 269 g/mol. The van der Waals surface area contributed by atoms with Crippen LogP contribution in [0.25, 0.3) is 0 Å². The van der Waals surface area contributed by atoms with Gasteiger partial charge in [-0.1, -0.05) is 6.07 Å². The first-order valence-electron chi connectivity index (χ1n) is 6.27. The maximum Gasteiger partial charge on any atom is 0.269 e. The minimum absolute atomic E-state index is 0.00969. The van der Waals surface area contributed by atoms with Crippen LogP contribution in [0.4, 0.5) is 22.7 Å². The summed E-state index contributed by atoms with van der Waals surface area (Å²) in [6.45, 7) is 1.94. The molecule has 0 atom stereocenters. The molecule has 20 heavy (non-hydrogen) atoms. The number of nitrogens with zero attached hydrogens (tertiary/aromatic N) is 1. The lowest BCUT2D eigenvalue weighted by Crippen LogP contribution is -2.35. The second kappa shape index (κ2) is 4.45. The lowest BCUT2D eigenvalue weighted by Gasteiger charge is -2.30. The van der Waals surface area contributed by atoms with Crippen LogP contribution in [0, 0.1) is 6.92 Å². The molecule has 102 valence electrons. The normalized spacial score (nSPS) is 13.8. The van der Waals surface area contributed by atoms with Gasteiger partial charge in [0.25, 0.3) is 5.91 Å². The van der Waals surface area contributed by atoms with E-state index in [-0.39, 0.29) is 12.5 Å². The van der Waals surface area contributed by atoms with Gasteiger partial charge in [0.15, 0.2) is 6.61 Å². The van der Waals surface area contributed by atoms with Crippen molar-refractivity contribution in [3.05, 3.63) is 42.0 Å². The van der Waals surface area contributed by atoms with Gasteiger partial charge in [-0.2, -0.15) is 0 Å². The van der Waals surface area contributed by atoms with E-state index < -0.39 is 0 Å². The summed E-state index contributed by atoms with van der Waals surface area (Å²) in [4.78, 5) is 13.8. The second-order valence-corrected chi connectivity index (χ2v) is 4.81. The van der Waals surface area contributed by atoms with Crippen molar-refractivity contribution in [2.24, 2.45) is 0 Å². The summed E-state index contributed by atoms with van der Waals surface area (Å²) < 4.78 is 5.42. The molecular weight excluding hydrogens is 254 g/mol. The van der Waals surface area contributed by atoms with Gasteiger partial charge in [-0.05, 0) is 42.8 Å². The van der Waals surface area contributed by atoms with E-state index in [1.54, 1.807) is 23.1 Å². The molecule has 1 amide bonds. The Morgan fingerprint density at radius 2 is 1.90 bits per heavy atom. The van der Waals surface area contributed by atoms with E-state index in [2.05, 4.69) is 0 Å². The van der Waals surface area contributed by atoms with Crippen LogP contribution in [-0.2, 0) is 4.79 Å². The third kappa shape index (κ3) is 1.93. The Balaban J connectivity index is 2.18. The van der Waals surface area contributed by atoms with Gasteiger partial charge >= 0.3 is 0 Å². The SMILES string of the molecule is Cc1ccc(N2C(=O)COc3ccc(N)cc32)c(N)c1. The van der Waals surface area contributed by atoms with Gasteiger partial charge in [0.05, 0.1) is 17.1 Å². The zero-order chi connectivity index (χ0) is 14.3. The van der Waals surface area contributed by atoms with Crippen molar-refractivity contribution in [2.45, 2.75) is 6.92 Å². The van der Waals surface area contributed by atoms with E-state index in [0.29, 0.717) is 28.5 Å². The number of benzene rings is 2. The summed E-state index contributed by atoms with van der Waals surface area (Å²) in [5.74, 6) is 0.456. The third-order valence-corrected chi connectivity index (χ3v) is 3.25. The van der Waals surface area contributed by atoms with Gasteiger partial charge in [-0.3, -0.25) is 9.69 Å². The molecule has 0 saturated heterocycles. The van der Waals surface area contributed by atoms with Gasteiger partial charge in [0, 0.05) is 5.69 Å². The molecule has 0 aliphatic carbocycles. The predicted octanol–water partition coefficient (Wildman–Crippen LogP) is 2.22. The van der Waals surface area contributed by atoms with Crippen molar-refractivity contribution in [1.29, 1.82) is 0 Å². The fraction of sp³-hybridized carbons (Fsp3) is 0.133. The number of nitrogens with two attached hydrogens (primary N) is 2. The molecule has 2 aromatic rings. The number of anilines is 4. The first-order valence-corrected chi connectivity index (χ1v) is 6.27. The quantitative estimate of drug-likeness (QED) is 0.778. The number of ether oxygens (including phenoxy) is 1. The summed E-state index contributed by atoms with van der Waals surface area (Å²) in [6, 6.07) is 10.8. The highest BCUT2D eigenvalue weighted by Crippen LogP contribution is 2.40. The van der Waals surface area contributed by atoms with Crippen molar-refractivity contribution < 1.29 is 9.53 Å². The summed E-state index contributed by atoms with van der Waals surface area (Å²) in [6.07, 6.45) is 0. The minimum atomic E-state index is -0.168. The standard InChI is InChI=1S/C15H15N3O2/c1-9-2-4-12(11(17)6-9)18-13-7-10(16)3-5-14(13)20-8-15(18)19/h2-7H,8,16-17H2,1H3. The molecule has 0 spiro atoms. The number of hydrogen-bond acceptors (Lipinski definition) is 4. The van der Waals surface area contributed by atoms with Gasteiger partial charge in [0.2, 0.25) is 0 Å². The zero-order valence-corrected chi connectivity index (χ0v) is 11.1. The van der Waals surface area contributed by atoms with E-state index in [1.165, 1.54) is 0 Å². The average Bonchev–Trinajstić information content (AvgIpc) is 2.40. The predicted molar refractivity (Wildman–Crippen MR) is 79.1 cm³/mol. The van der Waals surface area contributed by atoms with Crippen molar-refractivity contribution in [3.8, 4) is 5.75 Å². The highest BCUT2D eigenvalue weighted by atomic mass is 16.5. The molecule has 0 bridgehead atoms. The third-order valence-electron chi connectivity index (χ3n) is 3.25. The molecule has 4 N–H and O–H groups in total. The van der Waals surface area contributed by atoms with E-state index in [1.807, 2.05) is 25.1 Å². The lowest BCUT2D eigenvalue weighted by atomic mass is 10.1. The lowest BCUT2D eigenvalue weighted by molar-refractivity contribution is -0.120. The van der Waals surface area contributed by atoms with Crippen LogP contribution in [0.3, 0.4) is 0 Å². The van der Waals surface area contributed by atoms with Crippen molar-refractivity contribution in [3.63, 3.8) is 0 Å². The van der Waals surface area contributed by atoms with Crippen molar-refractivity contribution in [1.82, 2.24) is 0 Å². The van der Waals surface area contributed by atoms with Crippen LogP contribution in [-0.4, -0.2) is 12.5 Å². The Hall–Kier alpha value is -2.69. The van der Waals surface area contributed by atoms with Crippen molar-refractivity contribution >= 4 is 28.7 Å². The van der Waals surface area contributed by atoms with E-state index in [9.17, 15) is 4.79 Å². The van der Waals surface area contributed by atoms with Crippen LogP contribution < -0.4 is 21.1 Å². The number of rotatable bonds is 1. The Morgan fingerprint density at radius 1 is 1.10 bits per heavy atom. The topological polar surface area (TPSA) is 81.6 Å². The van der Waals surface area contributed by atoms with E-state index >= 15 is 0 Å². The van der Waals surface area contributed by atoms with Gasteiger partial charge in [0.1, 0.15) is 5.75 Å². The van der Waals surface area contributed by atoms with E-state index in [4.69, 9.17) is 16.2 Å². The summed E-state index contributed by atoms with van der Waals surface area (Å²) in [7, 11) is 0. The first kappa shape index (κ1) is 12.3.